The van der Waals surface area contributed by atoms with E-state index < -0.39 is 0 Å². The lowest BCUT2D eigenvalue weighted by Gasteiger charge is -2.20. The second-order valence-electron chi connectivity index (χ2n) is 5.55. The quantitative estimate of drug-likeness (QED) is 0.586. The number of benzene rings is 1. The topological polar surface area (TPSA) is 21.3 Å². The Morgan fingerprint density at radius 2 is 1.78 bits per heavy atom. The summed E-state index contributed by atoms with van der Waals surface area (Å²) in [7, 11) is 0. The summed E-state index contributed by atoms with van der Waals surface area (Å²) in [6.45, 7) is 12.5. The molecule has 2 nitrogen and oxygen atoms in total. The third-order valence-electron chi connectivity index (χ3n) is 2.58. The maximum Gasteiger partial charge on any atom is 0.0717 e. The maximum absolute atomic E-state index is 5.53. The van der Waals surface area contributed by atoms with Crippen molar-refractivity contribution in [3.63, 3.8) is 0 Å². The van der Waals surface area contributed by atoms with Crippen LogP contribution in [0.5, 0.6) is 0 Å². The van der Waals surface area contributed by atoms with Gasteiger partial charge in [0.15, 0.2) is 0 Å². The zero-order chi connectivity index (χ0) is 13.4. The molecule has 1 rings (SSSR count). The Hall–Kier alpha value is -1.12. The van der Waals surface area contributed by atoms with E-state index >= 15 is 0 Å². The number of hydrogen-bond donors (Lipinski definition) is 1. The van der Waals surface area contributed by atoms with Gasteiger partial charge in [0.25, 0.3) is 0 Å². The monoisotopic (exact) mass is 247 g/mol. The van der Waals surface area contributed by atoms with Crippen molar-refractivity contribution in [2.75, 3.05) is 6.61 Å². The Kier molecular flexibility index (Phi) is 6.10. The van der Waals surface area contributed by atoms with Crippen LogP contribution in [-0.2, 0) is 17.9 Å². The van der Waals surface area contributed by atoms with Gasteiger partial charge in [0.05, 0.1) is 13.2 Å². The molecule has 0 heterocycles. The molecule has 0 atom stereocenters. The Bertz CT molecular complexity index is 348. The van der Waals surface area contributed by atoms with Crippen LogP contribution >= 0.6 is 0 Å². The summed E-state index contributed by atoms with van der Waals surface area (Å²) in [4.78, 5) is 0. The molecule has 0 radical (unpaired) electrons. The van der Waals surface area contributed by atoms with E-state index in [-0.39, 0.29) is 5.54 Å². The lowest BCUT2D eigenvalue weighted by molar-refractivity contribution is 0.125. The summed E-state index contributed by atoms with van der Waals surface area (Å²) in [5.74, 6) is 0. The highest BCUT2D eigenvalue weighted by atomic mass is 16.5. The summed E-state index contributed by atoms with van der Waals surface area (Å²) < 4.78 is 5.53. The molecule has 18 heavy (non-hydrogen) atoms. The zero-order valence-electron chi connectivity index (χ0n) is 11.8. The molecule has 1 N–H and O–H groups in total. The second-order valence-corrected chi connectivity index (χ2v) is 5.55. The van der Waals surface area contributed by atoms with E-state index in [4.69, 9.17) is 4.74 Å². The van der Waals surface area contributed by atoms with Gasteiger partial charge in [-0.05, 0) is 38.3 Å². The van der Waals surface area contributed by atoms with Crippen LogP contribution in [-0.4, -0.2) is 12.1 Å². The minimum absolute atomic E-state index is 0.159. The maximum atomic E-state index is 5.53. The van der Waals surface area contributed by atoms with Gasteiger partial charge >= 0.3 is 0 Å². The Morgan fingerprint density at radius 1 is 1.17 bits per heavy atom. The van der Waals surface area contributed by atoms with Crippen LogP contribution < -0.4 is 5.32 Å². The van der Waals surface area contributed by atoms with Crippen LogP contribution in [0.15, 0.2) is 36.9 Å². The first-order chi connectivity index (χ1) is 8.51. The Labute approximate surface area is 111 Å². The van der Waals surface area contributed by atoms with Gasteiger partial charge in [-0.1, -0.05) is 30.3 Å². The predicted octanol–water partition coefficient (Wildman–Crippen LogP) is 3.67. The van der Waals surface area contributed by atoms with Crippen LogP contribution in [0.3, 0.4) is 0 Å². The molecule has 0 amide bonds. The molecule has 0 fully saturated rings. The van der Waals surface area contributed by atoms with Gasteiger partial charge in [0.1, 0.15) is 0 Å². The first-order valence-electron chi connectivity index (χ1n) is 6.53. The summed E-state index contributed by atoms with van der Waals surface area (Å²) in [6.07, 6.45) is 2.79. The van der Waals surface area contributed by atoms with Crippen molar-refractivity contribution in [3.05, 3.63) is 48.0 Å². The molecule has 0 saturated carbocycles. The molecular weight excluding hydrogens is 222 g/mol. The fourth-order valence-corrected chi connectivity index (χ4v) is 1.48. The molecule has 0 bridgehead atoms. The average Bonchev–Trinajstić information content (AvgIpc) is 2.33. The molecule has 0 saturated heterocycles. The number of hydrogen-bond acceptors (Lipinski definition) is 2. The molecule has 0 aliphatic rings. The summed E-state index contributed by atoms with van der Waals surface area (Å²) >= 11 is 0. The average molecular weight is 247 g/mol. The number of rotatable bonds is 7. The van der Waals surface area contributed by atoms with Gasteiger partial charge < -0.3 is 10.1 Å². The highest BCUT2D eigenvalue weighted by Crippen LogP contribution is 2.08. The van der Waals surface area contributed by atoms with E-state index in [1.807, 2.05) is 6.08 Å². The summed E-state index contributed by atoms with van der Waals surface area (Å²) in [5.41, 5.74) is 2.69. The van der Waals surface area contributed by atoms with Crippen LogP contribution in [0, 0.1) is 0 Å². The van der Waals surface area contributed by atoms with Crippen molar-refractivity contribution in [1.82, 2.24) is 5.32 Å². The molecule has 0 unspecified atom stereocenters. The fraction of sp³-hybridized carbons (Fsp3) is 0.500. The first kappa shape index (κ1) is 14.9. The lowest BCUT2D eigenvalue weighted by atomic mass is 10.1. The molecule has 0 spiro atoms. The van der Waals surface area contributed by atoms with Crippen LogP contribution in [0.1, 0.15) is 38.3 Å². The van der Waals surface area contributed by atoms with E-state index in [2.05, 4.69) is 56.9 Å². The van der Waals surface area contributed by atoms with E-state index in [0.29, 0.717) is 6.61 Å². The van der Waals surface area contributed by atoms with Crippen molar-refractivity contribution in [1.29, 1.82) is 0 Å². The SMILES string of the molecule is C=CCCOCc1ccc(CNC(C)(C)C)cc1. The predicted molar refractivity (Wildman–Crippen MR) is 77.5 cm³/mol. The second kappa shape index (κ2) is 7.34. The molecule has 0 aliphatic heterocycles. The van der Waals surface area contributed by atoms with Gasteiger partial charge in [-0.2, -0.15) is 0 Å². The highest BCUT2D eigenvalue weighted by molar-refractivity contribution is 5.22. The van der Waals surface area contributed by atoms with Crippen molar-refractivity contribution >= 4 is 0 Å². The van der Waals surface area contributed by atoms with E-state index in [1.54, 1.807) is 0 Å². The van der Waals surface area contributed by atoms with E-state index in [0.717, 1.165) is 19.6 Å². The van der Waals surface area contributed by atoms with Crippen LogP contribution in [0.25, 0.3) is 0 Å². The van der Waals surface area contributed by atoms with E-state index in [9.17, 15) is 0 Å². The molecule has 1 aromatic carbocycles. The van der Waals surface area contributed by atoms with Crippen molar-refractivity contribution in [3.8, 4) is 0 Å². The van der Waals surface area contributed by atoms with Gasteiger partial charge in [0, 0.05) is 12.1 Å². The standard InChI is InChI=1S/C16H25NO/c1-5-6-11-18-13-15-9-7-14(8-10-15)12-17-16(2,3)4/h5,7-10,17H,1,6,11-13H2,2-4H3. The van der Waals surface area contributed by atoms with Gasteiger partial charge in [-0.3, -0.25) is 0 Å². The third kappa shape index (κ3) is 6.58. The lowest BCUT2D eigenvalue weighted by Crippen LogP contribution is -2.35. The third-order valence-corrected chi connectivity index (χ3v) is 2.58. The zero-order valence-corrected chi connectivity index (χ0v) is 11.8. The first-order valence-corrected chi connectivity index (χ1v) is 6.53. The number of ether oxygens (including phenoxy) is 1. The smallest absolute Gasteiger partial charge is 0.0717 e. The van der Waals surface area contributed by atoms with Gasteiger partial charge in [0.2, 0.25) is 0 Å². The van der Waals surface area contributed by atoms with Gasteiger partial charge in [-0.25, -0.2) is 0 Å². The Morgan fingerprint density at radius 3 is 2.33 bits per heavy atom. The minimum Gasteiger partial charge on any atom is -0.376 e. The molecule has 0 aliphatic carbocycles. The molecule has 100 valence electrons. The van der Waals surface area contributed by atoms with Crippen LogP contribution in [0.4, 0.5) is 0 Å². The molecular formula is C16H25NO. The molecule has 2 heteroatoms. The summed E-state index contributed by atoms with van der Waals surface area (Å²) in [5, 5.41) is 3.48. The van der Waals surface area contributed by atoms with E-state index in [1.165, 1.54) is 11.1 Å². The largest absolute Gasteiger partial charge is 0.376 e. The van der Waals surface area contributed by atoms with Gasteiger partial charge in [-0.15, -0.1) is 6.58 Å². The minimum atomic E-state index is 0.159. The van der Waals surface area contributed by atoms with Crippen LogP contribution in [0.2, 0.25) is 0 Å². The fourth-order valence-electron chi connectivity index (χ4n) is 1.48. The van der Waals surface area contributed by atoms with Crippen molar-refractivity contribution in [2.45, 2.75) is 45.9 Å². The molecule has 1 aromatic rings. The Balaban J connectivity index is 2.35. The number of nitrogens with one attached hydrogen (secondary N) is 1. The van der Waals surface area contributed by atoms with Crippen molar-refractivity contribution in [2.24, 2.45) is 0 Å². The summed E-state index contributed by atoms with van der Waals surface area (Å²) in [6, 6.07) is 8.58. The van der Waals surface area contributed by atoms with Crippen molar-refractivity contribution < 1.29 is 4.74 Å². The normalized spacial score (nSPS) is 11.5. The highest BCUT2D eigenvalue weighted by Gasteiger charge is 2.07. The molecule has 0 aromatic heterocycles.